The molecule has 2 amide bonds. The van der Waals surface area contributed by atoms with E-state index in [1.807, 2.05) is 30.9 Å². The summed E-state index contributed by atoms with van der Waals surface area (Å²) in [5, 5.41) is 2.97. The molecule has 2 aliphatic rings. The molecule has 0 aromatic carbocycles. The molecule has 3 rings (SSSR count). The maximum atomic E-state index is 12.4. The molecule has 0 bridgehead atoms. The third-order valence-corrected chi connectivity index (χ3v) is 5.55. The van der Waals surface area contributed by atoms with E-state index in [9.17, 15) is 9.59 Å². The normalized spacial score (nSPS) is 21.2. The minimum atomic E-state index is -0.182. The minimum absolute atomic E-state index is 0.0497. The van der Waals surface area contributed by atoms with Crippen molar-refractivity contribution in [2.75, 3.05) is 13.2 Å². The van der Waals surface area contributed by atoms with Crippen LogP contribution in [0.2, 0.25) is 0 Å². The molecule has 1 atom stereocenters. The number of pyridine rings is 1. The number of nitrogens with one attached hydrogen (secondary N) is 1. The van der Waals surface area contributed by atoms with Crippen LogP contribution >= 0.6 is 0 Å². The maximum Gasteiger partial charge on any atom is 0.258 e. The fraction of sp³-hybridized carbons (Fsp3) is 0.667. The van der Waals surface area contributed by atoms with Crippen molar-refractivity contribution in [1.29, 1.82) is 0 Å². The Morgan fingerprint density at radius 3 is 2.70 bits per heavy atom. The number of carbonyl (C=O) groups is 2. The van der Waals surface area contributed by atoms with Crippen molar-refractivity contribution in [2.24, 2.45) is 0 Å². The van der Waals surface area contributed by atoms with Crippen molar-refractivity contribution in [3.8, 4) is 5.75 Å². The molecule has 0 spiro atoms. The van der Waals surface area contributed by atoms with E-state index >= 15 is 0 Å². The van der Waals surface area contributed by atoms with Crippen molar-refractivity contribution < 1.29 is 14.3 Å². The highest BCUT2D eigenvalue weighted by molar-refractivity contribution is 5.83. The van der Waals surface area contributed by atoms with Gasteiger partial charge in [-0.25, -0.2) is 0 Å². The number of aromatic nitrogens is 1. The molecule has 1 aliphatic carbocycles. The van der Waals surface area contributed by atoms with Crippen LogP contribution in [0.4, 0.5) is 0 Å². The molecule has 1 unspecified atom stereocenters. The van der Waals surface area contributed by atoms with Gasteiger partial charge in [-0.15, -0.1) is 0 Å². The van der Waals surface area contributed by atoms with Crippen molar-refractivity contribution in [3.63, 3.8) is 0 Å². The highest BCUT2D eigenvalue weighted by atomic mass is 16.5. The molecule has 0 radical (unpaired) electrons. The molecule has 1 aromatic heterocycles. The first-order chi connectivity index (χ1) is 13.1. The second kappa shape index (κ2) is 9.20. The van der Waals surface area contributed by atoms with E-state index in [-0.39, 0.29) is 24.5 Å². The summed E-state index contributed by atoms with van der Waals surface area (Å²) >= 11 is 0. The van der Waals surface area contributed by atoms with E-state index in [0.717, 1.165) is 30.7 Å². The summed E-state index contributed by atoms with van der Waals surface area (Å²) in [4.78, 5) is 31.1. The number of rotatable bonds is 6. The van der Waals surface area contributed by atoms with E-state index in [1.54, 1.807) is 0 Å². The number of likely N-dealkylation sites (tertiary alicyclic amines) is 1. The van der Waals surface area contributed by atoms with Crippen LogP contribution in [0.1, 0.15) is 63.3 Å². The van der Waals surface area contributed by atoms with Crippen LogP contribution in [0.25, 0.3) is 0 Å². The van der Waals surface area contributed by atoms with Crippen LogP contribution in [0.3, 0.4) is 0 Å². The van der Waals surface area contributed by atoms with Gasteiger partial charge in [0.15, 0.2) is 6.61 Å². The van der Waals surface area contributed by atoms with Gasteiger partial charge in [-0.1, -0.05) is 32.6 Å². The highest BCUT2D eigenvalue weighted by Gasteiger charge is 2.35. The zero-order valence-corrected chi connectivity index (χ0v) is 16.5. The Kier molecular flexibility index (Phi) is 6.69. The SMILES string of the molecule is CCc1nc(C)ccc1OCC(=O)NC1CC(=O)N(C2CCCCCC2)C1. The summed E-state index contributed by atoms with van der Waals surface area (Å²) in [6.45, 7) is 4.53. The molecule has 1 saturated carbocycles. The molecule has 6 nitrogen and oxygen atoms in total. The Bertz CT molecular complexity index is 669. The zero-order chi connectivity index (χ0) is 19.2. The topological polar surface area (TPSA) is 71.5 Å². The average molecular weight is 373 g/mol. The summed E-state index contributed by atoms with van der Waals surface area (Å²) in [6.07, 6.45) is 8.27. The second-order valence-corrected chi connectivity index (χ2v) is 7.70. The third-order valence-electron chi connectivity index (χ3n) is 5.55. The molecular weight excluding hydrogens is 342 g/mol. The molecule has 27 heavy (non-hydrogen) atoms. The smallest absolute Gasteiger partial charge is 0.258 e. The fourth-order valence-corrected chi connectivity index (χ4v) is 4.15. The lowest BCUT2D eigenvalue weighted by atomic mass is 10.1. The van der Waals surface area contributed by atoms with Crippen LogP contribution < -0.4 is 10.1 Å². The second-order valence-electron chi connectivity index (χ2n) is 7.70. The van der Waals surface area contributed by atoms with Crippen LogP contribution in [-0.4, -0.2) is 46.9 Å². The van der Waals surface area contributed by atoms with E-state index < -0.39 is 0 Å². The van der Waals surface area contributed by atoms with Gasteiger partial charge >= 0.3 is 0 Å². The van der Waals surface area contributed by atoms with E-state index in [4.69, 9.17) is 4.74 Å². The summed E-state index contributed by atoms with van der Waals surface area (Å²) < 4.78 is 5.67. The standard InChI is InChI=1S/C21H31N3O3/c1-3-18-19(11-10-15(2)22-18)27-14-20(25)23-16-12-21(26)24(13-16)17-8-6-4-5-7-9-17/h10-11,16-17H,3-9,12-14H2,1-2H3,(H,23,25). The molecule has 1 N–H and O–H groups in total. The monoisotopic (exact) mass is 373 g/mol. The van der Waals surface area contributed by atoms with Gasteiger partial charge in [0.05, 0.1) is 11.7 Å². The largest absolute Gasteiger partial charge is 0.482 e. The third kappa shape index (κ3) is 5.21. The Morgan fingerprint density at radius 2 is 2.00 bits per heavy atom. The molecule has 1 aromatic rings. The first-order valence-electron chi connectivity index (χ1n) is 10.2. The zero-order valence-electron chi connectivity index (χ0n) is 16.5. The van der Waals surface area contributed by atoms with Crippen molar-refractivity contribution in [2.45, 2.75) is 77.3 Å². The van der Waals surface area contributed by atoms with Crippen molar-refractivity contribution in [3.05, 3.63) is 23.5 Å². The van der Waals surface area contributed by atoms with E-state index in [1.165, 1.54) is 25.7 Å². The van der Waals surface area contributed by atoms with Gasteiger partial charge in [-0.3, -0.25) is 14.6 Å². The number of carbonyl (C=O) groups excluding carboxylic acids is 2. The Morgan fingerprint density at radius 1 is 1.26 bits per heavy atom. The molecule has 1 aliphatic heterocycles. The van der Waals surface area contributed by atoms with Gasteiger partial charge in [0.2, 0.25) is 5.91 Å². The molecule has 2 heterocycles. The number of aryl methyl sites for hydroxylation is 2. The van der Waals surface area contributed by atoms with Gasteiger partial charge < -0.3 is 15.0 Å². The lowest BCUT2D eigenvalue weighted by Crippen LogP contribution is -2.42. The molecule has 2 fully saturated rings. The van der Waals surface area contributed by atoms with Crippen LogP contribution in [0.5, 0.6) is 5.75 Å². The summed E-state index contributed by atoms with van der Waals surface area (Å²) in [5.74, 6) is 0.642. The van der Waals surface area contributed by atoms with E-state index in [2.05, 4.69) is 10.3 Å². The maximum absolute atomic E-state index is 12.4. The number of hydrogen-bond donors (Lipinski definition) is 1. The average Bonchev–Trinajstić information content (AvgIpc) is 2.85. The van der Waals surface area contributed by atoms with Gasteiger partial charge in [-0.05, 0) is 38.3 Å². The fourth-order valence-electron chi connectivity index (χ4n) is 4.15. The lowest BCUT2D eigenvalue weighted by Gasteiger charge is -2.27. The first kappa shape index (κ1) is 19.6. The van der Waals surface area contributed by atoms with Crippen LogP contribution in [0, 0.1) is 6.92 Å². The number of hydrogen-bond acceptors (Lipinski definition) is 4. The number of amides is 2. The molecule has 1 saturated heterocycles. The van der Waals surface area contributed by atoms with Gasteiger partial charge in [0.1, 0.15) is 5.75 Å². The quantitative estimate of drug-likeness (QED) is 0.779. The minimum Gasteiger partial charge on any atom is -0.482 e. The lowest BCUT2D eigenvalue weighted by molar-refractivity contribution is -0.129. The van der Waals surface area contributed by atoms with Gasteiger partial charge in [-0.2, -0.15) is 0 Å². The first-order valence-corrected chi connectivity index (χ1v) is 10.2. The predicted molar refractivity (Wildman–Crippen MR) is 104 cm³/mol. The van der Waals surface area contributed by atoms with Crippen molar-refractivity contribution >= 4 is 11.8 Å². The van der Waals surface area contributed by atoms with Crippen LogP contribution in [0.15, 0.2) is 12.1 Å². The van der Waals surface area contributed by atoms with Crippen molar-refractivity contribution in [1.82, 2.24) is 15.2 Å². The summed E-state index contributed by atoms with van der Waals surface area (Å²) in [6, 6.07) is 3.98. The Balaban J connectivity index is 1.49. The summed E-state index contributed by atoms with van der Waals surface area (Å²) in [7, 11) is 0. The molecular formula is C21H31N3O3. The molecule has 148 valence electrons. The summed E-state index contributed by atoms with van der Waals surface area (Å²) in [5.41, 5.74) is 1.80. The van der Waals surface area contributed by atoms with Gasteiger partial charge in [0, 0.05) is 24.7 Å². The number of ether oxygens (including phenoxy) is 1. The van der Waals surface area contributed by atoms with Crippen LogP contribution in [-0.2, 0) is 16.0 Å². The number of nitrogens with zero attached hydrogens (tertiary/aromatic N) is 2. The Labute approximate surface area is 161 Å². The molecule has 6 heteroatoms. The van der Waals surface area contributed by atoms with Gasteiger partial charge in [0.25, 0.3) is 5.91 Å². The Hall–Kier alpha value is -2.11. The van der Waals surface area contributed by atoms with E-state index in [0.29, 0.717) is 24.8 Å². The highest BCUT2D eigenvalue weighted by Crippen LogP contribution is 2.26. The predicted octanol–water partition coefficient (Wildman–Crippen LogP) is 2.77.